The number of benzene rings is 1. The molecule has 1 fully saturated rings. The van der Waals surface area contributed by atoms with Gasteiger partial charge in [-0.1, -0.05) is 12.1 Å². The summed E-state index contributed by atoms with van der Waals surface area (Å²) in [6.45, 7) is 7.40. The quantitative estimate of drug-likeness (QED) is 0.745. The van der Waals surface area contributed by atoms with Gasteiger partial charge in [-0.3, -0.25) is 4.98 Å². The molecular formula is C20H23F3N4O2. The Hall–Kier alpha value is -2.84. The first-order valence-electron chi connectivity index (χ1n) is 9.26. The monoisotopic (exact) mass is 408 g/mol. The average Bonchev–Trinajstić information content (AvgIpc) is 2.66. The molecule has 2 aromatic rings. The third-order valence-electron chi connectivity index (χ3n) is 4.40. The van der Waals surface area contributed by atoms with Crippen LogP contribution in [0, 0.1) is 0 Å². The van der Waals surface area contributed by atoms with Crippen LogP contribution in [-0.4, -0.2) is 52.7 Å². The third kappa shape index (κ3) is 5.16. The molecule has 6 nitrogen and oxygen atoms in total. The van der Waals surface area contributed by atoms with Crippen LogP contribution >= 0.6 is 0 Å². The Labute approximate surface area is 167 Å². The number of hydrogen-bond acceptors (Lipinski definition) is 5. The highest BCUT2D eigenvalue weighted by atomic mass is 19.4. The molecule has 3 rings (SSSR count). The van der Waals surface area contributed by atoms with Gasteiger partial charge in [-0.05, 0) is 32.9 Å². The van der Waals surface area contributed by atoms with E-state index in [9.17, 15) is 18.0 Å². The molecule has 1 saturated heterocycles. The van der Waals surface area contributed by atoms with Gasteiger partial charge in [0.05, 0.1) is 5.56 Å². The van der Waals surface area contributed by atoms with E-state index in [1.807, 2.05) is 25.7 Å². The van der Waals surface area contributed by atoms with Gasteiger partial charge in [0.25, 0.3) is 0 Å². The van der Waals surface area contributed by atoms with E-state index in [4.69, 9.17) is 4.74 Å². The van der Waals surface area contributed by atoms with Gasteiger partial charge < -0.3 is 14.5 Å². The fraction of sp³-hybridized carbons (Fsp3) is 0.450. The Morgan fingerprint density at radius 1 is 0.966 bits per heavy atom. The van der Waals surface area contributed by atoms with Crippen molar-refractivity contribution in [3.63, 3.8) is 0 Å². The number of hydrogen-bond donors (Lipinski definition) is 0. The Kier molecular flexibility index (Phi) is 5.68. The maximum atomic E-state index is 12.8. The average molecular weight is 408 g/mol. The van der Waals surface area contributed by atoms with Crippen LogP contribution < -0.4 is 4.90 Å². The molecule has 0 spiro atoms. The van der Waals surface area contributed by atoms with Crippen molar-refractivity contribution in [3.8, 4) is 11.3 Å². The normalized spacial score (nSPS) is 15.4. The van der Waals surface area contributed by atoms with E-state index >= 15 is 0 Å². The van der Waals surface area contributed by atoms with Crippen LogP contribution in [0.15, 0.2) is 36.7 Å². The first kappa shape index (κ1) is 20.9. The van der Waals surface area contributed by atoms with Gasteiger partial charge >= 0.3 is 12.3 Å². The van der Waals surface area contributed by atoms with E-state index < -0.39 is 17.3 Å². The van der Waals surface area contributed by atoms with Crippen LogP contribution in [-0.2, 0) is 10.9 Å². The number of rotatable bonds is 2. The number of ether oxygens (including phenoxy) is 1. The summed E-state index contributed by atoms with van der Waals surface area (Å²) >= 11 is 0. The van der Waals surface area contributed by atoms with Crippen molar-refractivity contribution in [3.05, 3.63) is 42.2 Å². The van der Waals surface area contributed by atoms with Gasteiger partial charge in [0.15, 0.2) is 5.82 Å². The minimum absolute atomic E-state index is 0.362. The van der Waals surface area contributed by atoms with Crippen molar-refractivity contribution < 1.29 is 22.7 Å². The van der Waals surface area contributed by atoms with Gasteiger partial charge in [-0.2, -0.15) is 13.2 Å². The largest absolute Gasteiger partial charge is 0.444 e. The van der Waals surface area contributed by atoms with E-state index in [1.54, 1.807) is 11.1 Å². The molecule has 2 heterocycles. The molecule has 1 amide bonds. The number of carbonyl (C=O) groups excluding carboxylic acids is 1. The summed E-state index contributed by atoms with van der Waals surface area (Å²) in [5.41, 5.74) is -0.213. The number of carbonyl (C=O) groups is 1. The summed E-state index contributed by atoms with van der Waals surface area (Å²) in [5.74, 6) is 0.580. The molecule has 0 atom stereocenters. The maximum Gasteiger partial charge on any atom is 0.416 e. The lowest BCUT2D eigenvalue weighted by Crippen LogP contribution is -2.50. The zero-order chi connectivity index (χ0) is 21.2. The molecule has 0 bridgehead atoms. The number of anilines is 1. The minimum atomic E-state index is -4.39. The lowest BCUT2D eigenvalue weighted by Gasteiger charge is -2.36. The first-order chi connectivity index (χ1) is 13.5. The van der Waals surface area contributed by atoms with E-state index in [1.165, 1.54) is 18.3 Å². The maximum absolute atomic E-state index is 12.8. The SMILES string of the molecule is CC(C)(C)OC(=O)N1CCN(c2nccnc2-c2ccc(C(F)(F)F)cc2)CC1. The molecule has 1 aliphatic heterocycles. The van der Waals surface area contributed by atoms with Crippen LogP contribution in [0.2, 0.25) is 0 Å². The predicted octanol–water partition coefficient (Wildman–Crippen LogP) is 4.22. The van der Waals surface area contributed by atoms with Gasteiger partial charge in [-0.25, -0.2) is 9.78 Å². The van der Waals surface area contributed by atoms with Gasteiger partial charge in [0.2, 0.25) is 0 Å². The molecule has 0 saturated carbocycles. The molecule has 0 N–H and O–H groups in total. The van der Waals surface area contributed by atoms with Crippen LogP contribution in [0.3, 0.4) is 0 Å². The molecule has 0 unspecified atom stereocenters. The summed E-state index contributed by atoms with van der Waals surface area (Å²) in [4.78, 5) is 24.5. The highest BCUT2D eigenvalue weighted by Gasteiger charge is 2.31. The molecule has 29 heavy (non-hydrogen) atoms. The van der Waals surface area contributed by atoms with Crippen molar-refractivity contribution in [2.45, 2.75) is 32.5 Å². The molecule has 0 radical (unpaired) electrons. The molecule has 1 aliphatic rings. The second-order valence-electron chi connectivity index (χ2n) is 7.76. The standard InChI is InChI=1S/C20H23F3N4O2/c1-19(2,3)29-18(28)27-12-10-26(11-13-27)17-16(24-8-9-25-17)14-4-6-15(7-5-14)20(21,22)23/h4-9H,10-13H2,1-3H3. The van der Waals surface area contributed by atoms with Crippen molar-refractivity contribution >= 4 is 11.9 Å². The second kappa shape index (κ2) is 7.88. The fourth-order valence-corrected chi connectivity index (χ4v) is 3.01. The van der Waals surface area contributed by atoms with Crippen molar-refractivity contribution in [2.75, 3.05) is 31.1 Å². The highest BCUT2D eigenvalue weighted by molar-refractivity contribution is 5.73. The first-order valence-corrected chi connectivity index (χ1v) is 9.26. The number of alkyl halides is 3. The molecular weight excluding hydrogens is 385 g/mol. The van der Waals surface area contributed by atoms with Crippen LogP contribution in [0.4, 0.5) is 23.8 Å². The predicted molar refractivity (Wildman–Crippen MR) is 102 cm³/mol. The highest BCUT2D eigenvalue weighted by Crippen LogP contribution is 2.32. The van der Waals surface area contributed by atoms with E-state index in [0.29, 0.717) is 43.3 Å². The number of halogens is 3. The van der Waals surface area contributed by atoms with E-state index in [-0.39, 0.29) is 6.09 Å². The lowest BCUT2D eigenvalue weighted by atomic mass is 10.1. The summed E-state index contributed by atoms with van der Waals surface area (Å²) < 4.78 is 43.9. The van der Waals surface area contributed by atoms with Crippen LogP contribution in [0.25, 0.3) is 11.3 Å². The molecule has 156 valence electrons. The lowest BCUT2D eigenvalue weighted by molar-refractivity contribution is -0.137. The van der Waals surface area contributed by atoms with Crippen molar-refractivity contribution in [2.24, 2.45) is 0 Å². The Morgan fingerprint density at radius 2 is 1.55 bits per heavy atom. The summed E-state index contributed by atoms with van der Waals surface area (Å²) in [7, 11) is 0. The molecule has 1 aromatic carbocycles. The van der Waals surface area contributed by atoms with E-state index in [0.717, 1.165) is 12.1 Å². The molecule has 1 aromatic heterocycles. The minimum Gasteiger partial charge on any atom is -0.444 e. The van der Waals surface area contributed by atoms with Crippen molar-refractivity contribution in [1.29, 1.82) is 0 Å². The number of amides is 1. The number of piperazine rings is 1. The van der Waals surface area contributed by atoms with E-state index in [2.05, 4.69) is 9.97 Å². The second-order valence-corrected chi connectivity index (χ2v) is 7.76. The molecule has 9 heteroatoms. The van der Waals surface area contributed by atoms with Crippen LogP contribution in [0.1, 0.15) is 26.3 Å². The number of nitrogens with zero attached hydrogens (tertiary/aromatic N) is 4. The third-order valence-corrected chi connectivity index (χ3v) is 4.40. The summed E-state index contributed by atoms with van der Waals surface area (Å²) in [5, 5.41) is 0. The zero-order valence-electron chi connectivity index (χ0n) is 16.5. The fourth-order valence-electron chi connectivity index (χ4n) is 3.01. The summed E-state index contributed by atoms with van der Waals surface area (Å²) in [6, 6.07) is 4.86. The number of aromatic nitrogens is 2. The Bertz CT molecular complexity index is 855. The smallest absolute Gasteiger partial charge is 0.416 e. The topological polar surface area (TPSA) is 58.6 Å². The Morgan fingerprint density at radius 3 is 2.10 bits per heavy atom. The zero-order valence-corrected chi connectivity index (χ0v) is 16.5. The van der Waals surface area contributed by atoms with Crippen LogP contribution in [0.5, 0.6) is 0 Å². The Balaban J connectivity index is 1.74. The molecule has 0 aliphatic carbocycles. The summed E-state index contributed by atoms with van der Waals surface area (Å²) in [6.07, 6.45) is -1.70. The van der Waals surface area contributed by atoms with Gasteiger partial charge in [0.1, 0.15) is 11.3 Å². The van der Waals surface area contributed by atoms with Gasteiger partial charge in [0, 0.05) is 44.1 Å². The van der Waals surface area contributed by atoms with Gasteiger partial charge in [-0.15, -0.1) is 0 Å². The van der Waals surface area contributed by atoms with Crippen molar-refractivity contribution in [1.82, 2.24) is 14.9 Å².